The van der Waals surface area contributed by atoms with Gasteiger partial charge in [-0.25, -0.2) is 0 Å². The van der Waals surface area contributed by atoms with E-state index in [0.29, 0.717) is 12.5 Å². The predicted octanol–water partition coefficient (Wildman–Crippen LogP) is 3.89. The summed E-state index contributed by atoms with van der Waals surface area (Å²) in [4.78, 5) is 12.0. The zero-order chi connectivity index (χ0) is 14.9. The van der Waals surface area contributed by atoms with Gasteiger partial charge in [-0.05, 0) is 56.3 Å². The van der Waals surface area contributed by atoms with Crippen LogP contribution in [0.15, 0.2) is 24.3 Å². The molecule has 0 aliphatic carbocycles. The number of carbonyl (C=O) groups is 1. The van der Waals surface area contributed by atoms with Crippen LogP contribution < -0.4 is 10.6 Å². The van der Waals surface area contributed by atoms with Crippen LogP contribution in [-0.4, -0.2) is 18.5 Å². The highest BCUT2D eigenvalue weighted by Crippen LogP contribution is 2.14. The number of piperidine rings is 1. The zero-order valence-corrected chi connectivity index (χ0v) is 13.2. The van der Waals surface area contributed by atoms with Gasteiger partial charge in [-0.2, -0.15) is 0 Å². The Morgan fingerprint density at radius 3 is 2.76 bits per heavy atom. The molecule has 1 fully saturated rings. The lowest BCUT2D eigenvalue weighted by atomic mass is 10.0. The van der Waals surface area contributed by atoms with E-state index in [-0.39, 0.29) is 5.91 Å². The zero-order valence-electron chi connectivity index (χ0n) is 13.2. The molecule has 1 aromatic rings. The molecule has 1 unspecified atom stereocenters. The van der Waals surface area contributed by atoms with Crippen LogP contribution in [-0.2, 0) is 11.2 Å². The van der Waals surface area contributed by atoms with Gasteiger partial charge in [0.2, 0.25) is 5.91 Å². The quantitative estimate of drug-likeness (QED) is 0.799. The molecule has 1 atom stereocenters. The Kier molecular flexibility index (Phi) is 6.74. The van der Waals surface area contributed by atoms with Gasteiger partial charge in [-0.3, -0.25) is 4.79 Å². The lowest BCUT2D eigenvalue weighted by molar-refractivity contribution is -0.116. The third-order valence-electron chi connectivity index (χ3n) is 4.19. The molecule has 3 heteroatoms. The molecule has 0 spiro atoms. The Morgan fingerprint density at radius 2 is 2.10 bits per heavy atom. The van der Waals surface area contributed by atoms with Gasteiger partial charge in [0.25, 0.3) is 0 Å². The molecule has 1 amide bonds. The Balaban J connectivity index is 1.71. The summed E-state index contributed by atoms with van der Waals surface area (Å²) in [6, 6.07) is 8.80. The number of unbranched alkanes of at least 4 members (excludes halogenated alkanes) is 1. The Labute approximate surface area is 128 Å². The highest BCUT2D eigenvalue weighted by atomic mass is 16.1. The first-order valence-corrected chi connectivity index (χ1v) is 8.40. The minimum atomic E-state index is 0.128. The predicted molar refractivity (Wildman–Crippen MR) is 88.6 cm³/mol. The molecular weight excluding hydrogens is 260 g/mol. The minimum Gasteiger partial charge on any atom is -0.326 e. The highest BCUT2D eigenvalue weighted by Gasteiger charge is 2.13. The summed E-state index contributed by atoms with van der Waals surface area (Å²) in [5.41, 5.74) is 2.26. The molecule has 2 N–H and O–H groups in total. The first-order chi connectivity index (χ1) is 10.3. The lowest BCUT2D eigenvalue weighted by Crippen LogP contribution is -2.34. The molecule has 1 saturated heterocycles. The maximum Gasteiger partial charge on any atom is 0.224 e. The largest absolute Gasteiger partial charge is 0.326 e. The Bertz CT molecular complexity index is 421. The SMILES string of the molecule is CCCCc1ccc(NC(=O)CCC2CCCCN2)cc1. The highest BCUT2D eigenvalue weighted by molar-refractivity contribution is 5.90. The molecule has 2 rings (SSSR count). The monoisotopic (exact) mass is 288 g/mol. The summed E-state index contributed by atoms with van der Waals surface area (Å²) < 4.78 is 0. The van der Waals surface area contributed by atoms with Crippen LogP contribution in [0.3, 0.4) is 0 Å². The fraction of sp³-hybridized carbons (Fsp3) is 0.611. The van der Waals surface area contributed by atoms with Crippen LogP contribution in [0.1, 0.15) is 57.4 Å². The van der Waals surface area contributed by atoms with E-state index < -0.39 is 0 Å². The standard InChI is InChI=1S/C18H28N2O/c1-2-3-6-15-8-10-17(11-9-15)20-18(21)13-12-16-7-4-5-14-19-16/h8-11,16,19H,2-7,12-14H2,1H3,(H,20,21). The number of benzene rings is 1. The van der Waals surface area contributed by atoms with Gasteiger partial charge in [-0.15, -0.1) is 0 Å². The molecule has 0 bridgehead atoms. The van der Waals surface area contributed by atoms with E-state index >= 15 is 0 Å². The van der Waals surface area contributed by atoms with E-state index in [2.05, 4.69) is 29.7 Å². The summed E-state index contributed by atoms with van der Waals surface area (Å²) >= 11 is 0. The molecule has 1 heterocycles. The number of hydrogen-bond acceptors (Lipinski definition) is 2. The van der Waals surface area contributed by atoms with E-state index in [9.17, 15) is 4.79 Å². The molecule has 0 radical (unpaired) electrons. The third-order valence-corrected chi connectivity index (χ3v) is 4.19. The second-order valence-corrected chi connectivity index (χ2v) is 6.03. The van der Waals surface area contributed by atoms with Crippen molar-refractivity contribution in [3.63, 3.8) is 0 Å². The molecule has 21 heavy (non-hydrogen) atoms. The maximum atomic E-state index is 12.0. The topological polar surface area (TPSA) is 41.1 Å². The number of rotatable bonds is 7. The fourth-order valence-electron chi connectivity index (χ4n) is 2.83. The van der Waals surface area contributed by atoms with Crippen molar-refractivity contribution in [3.05, 3.63) is 29.8 Å². The second kappa shape index (κ2) is 8.83. The molecular formula is C18H28N2O. The number of carbonyl (C=O) groups excluding carboxylic acids is 1. The summed E-state index contributed by atoms with van der Waals surface area (Å²) in [6.45, 7) is 3.31. The van der Waals surface area contributed by atoms with E-state index in [1.807, 2.05) is 12.1 Å². The number of amides is 1. The van der Waals surface area contributed by atoms with Crippen LogP contribution in [0.4, 0.5) is 5.69 Å². The number of hydrogen-bond donors (Lipinski definition) is 2. The molecule has 1 aliphatic heterocycles. The minimum absolute atomic E-state index is 0.128. The first kappa shape index (κ1) is 16.0. The molecule has 0 aromatic heterocycles. The molecule has 116 valence electrons. The smallest absolute Gasteiger partial charge is 0.224 e. The summed E-state index contributed by atoms with van der Waals surface area (Å²) in [6.07, 6.45) is 8.88. The van der Waals surface area contributed by atoms with Gasteiger partial charge in [0.15, 0.2) is 0 Å². The van der Waals surface area contributed by atoms with Crippen molar-refractivity contribution in [1.82, 2.24) is 5.32 Å². The Morgan fingerprint density at radius 1 is 1.29 bits per heavy atom. The van der Waals surface area contributed by atoms with Crippen LogP contribution in [0.2, 0.25) is 0 Å². The van der Waals surface area contributed by atoms with Gasteiger partial charge in [0, 0.05) is 18.2 Å². The van der Waals surface area contributed by atoms with Crippen molar-refractivity contribution in [3.8, 4) is 0 Å². The molecule has 1 aromatic carbocycles. The van der Waals surface area contributed by atoms with Crippen molar-refractivity contribution >= 4 is 11.6 Å². The van der Waals surface area contributed by atoms with Crippen molar-refractivity contribution in [2.45, 2.75) is 64.3 Å². The van der Waals surface area contributed by atoms with E-state index in [4.69, 9.17) is 0 Å². The average molecular weight is 288 g/mol. The van der Waals surface area contributed by atoms with Gasteiger partial charge in [0.1, 0.15) is 0 Å². The maximum absolute atomic E-state index is 12.0. The fourth-order valence-corrected chi connectivity index (χ4v) is 2.83. The Hall–Kier alpha value is -1.35. The molecule has 3 nitrogen and oxygen atoms in total. The van der Waals surface area contributed by atoms with Crippen molar-refractivity contribution in [2.75, 3.05) is 11.9 Å². The molecule has 0 saturated carbocycles. The number of nitrogens with one attached hydrogen (secondary N) is 2. The second-order valence-electron chi connectivity index (χ2n) is 6.03. The van der Waals surface area contributed by atoms with Crippen LogP contribution >= 0.6 is 0 Å². The van der Waals surface area contributed by atoms with Gasteiger partial charge < -0.3 is 10.6 Å². The van der Waals surface area contributed by atoms with E-state index in [1.54, 1.807) is 0 Å². The normalized spacial score (nSPS) is 18.4. The van der Waals surface area contributed by atoms with E-state index in [0.717, 1.165) is 25.1 Å². The van der Waals surface area contributed by atoms with Crippen LogP contribution in [0, 0.1) is 0 Å². The van der Waals surface area contributed by atoms with Crippen LogP contribution in [0.25, 0.3) is 0 Å². The van der Waals surface area contributed by atoms with Crippen molar-refractivity contribution in [2.24, 2.45) is 0 Å². The van der Waals surface area contributed by atoms with Crippen molar-refractivity contribution < 1.29 is 4.79 Å². The lowest BCUT2D eigenvalue weighted by Gasteiger charge is -2.23. The van der Waals surface area contributed by atoms with Gasteiger partial charge in [0.05, 0.1) is 0 Å². The average Bonchev–Trinajstić information content (AvgIpc) is 2.53. The van der Waals surface area contributed by atoms with E-state index in [1.165, 1.54) is 37.7 Å². The van der Waals surface area contributed by atoms with Gasteiger partial charge >= 0.3 is 0 Å². The third kappa shape index (κ3) is 5.88. The first-order valence-electron chi connectivity index (χ1n) is 8.40. The number of aryl methyl sites for hydroxylation is 1. The van der Waals surface area contributed by atoms with Gasteiger partial charge in [-0.1, -0.05) is 31.9 Å². The van der Waals surface area contributed by atoms with Crippen molar-refractivity contribution in [1.29, 1.82) is 0 Å². The number of anilines is 1. The molecule has 1 aliphatic rings. The van der Waals surface area contributed by atoms with Crippen LogP contribution in [0.5, 0.6) is 0 Å². The summed E-state index contributed by atoms with van der Waals surface area (Å²) in [7, 11) is 0. The summed E-state index contributed by atoms with van der Waals surface area (Å²) in [5, 5.41) is 6.48. The summed E-state index contributed by atoms with van der Waals surface area (Å²) in [5.74, 6) is 0.128.